The molecule has 5 aromatic rings. The van der Waals surface area contributed by atoms with E-state index in [1.165, 1.54) is 18.2 Å². The van der Waals surface area contributed by atoms with E-state index in [9.17, 15) is 22.6 Å². The lowest BCUT2D eigenvalue weighted by Gasteiger charge is -2.11. The molecule has 0 aliphatic carbocycles. The molecule has 150 valence electrons. The molecule has 7 nitrogen and oxygen atoms in total. The zero-order chi connectivity index (χ0) is 21.4. The fourth-order valence-electron chi connectivity index (χ4n) is 4.11. The van der Waals surface area contributed by atoms with Gasteiger partial charge in [-0.05, 0) is 55.3 Å². The van der Waals surface area contributed by atoms with Crippen molar-refractivity contribution in [3.63, 3.8) is 0 Å². The number of H-pyrrole nitrogens is 2. The van der Waals surface area contributed by atoms with Crippen LogP contribution in [0.4, 0.5) is 0 Å². The van der Waals surface area contributed by atoms with Gasteiger partial charge in [0.15, 0.2) is 10.9 Å². The van der Waals surface area contributed by atoms with Gasteiger partial charge < -0.3 is 9.97 Å². The van der Waals surface area contributed by atoms with E-state index in [1.807, 2.05) is 19.1 Å². The number of fused-ring (bicyclic) bond motifs is 4. The van der Waals surface area contributed by atoms with Gasteiger partial charge in [0.05, 0.1) is 32.3 Å². The zero-order valence-corrected chi connectivity index (χ0v) is 16.8. The Morgan fingerprint density at radius 2 is 1.57 bits per heavy atom. The molecule has 8 heteroatoms. The van der Waals surface area contributed by atoms with Crippen molar-refractivity contribution in [2.24, 2.45) is 0 Å². The molecule has 3 aromatic carbocycles. The minimum Gasteiger partial charge on any atom is -0.354 e. The van der Waals surface area contributed by atoms with Crippen molar-refractivity contribution in [1.82, 2.24) is 9.97 Å². The number of para-hydroxylation sites is 1. The van der Waals surface area contributed by atoms with Crippen LogP contribution in [0.1, 0.15) is 11.1 Å². The van der Waals surface area contributed by atoms with E-state index in [0.29, 0.717) is 32.8 Å². The summed E-state index contributed by atoms with van der Waals surface area (Å²) in [7, 11) is -4.42. The molecule has 0 unspecified atom stereocenters. The minimum atomic E-state index is -4.42. The van der Waals surface area contributed by atoms with Crippen LogP contribution < -0.4 is 10.9 Å². The topological polar surface area (TPSA) is 120 Å². The van der Waals surface area contributed by atoms with Crippen LogP contribution >= 0.6 is 0 Å². The third kappa shape index (κ3) is 2.51. The van der Waals surface area contributed by atoms with E-state index in [4.69, 9.17) is 0 Å². The van der Waals surface area contributed by atoms with E-state index in [0.717, 1.165) is 11.1 Å². The molecule has 0 saturated heterocycles. The summed E-state index contributed by atoms with van der Waals surface area (Å²) in [6.45, 7) is 3.69. The summed E-state index contributed by atoms with van der Waals surface area (Å²) in [5.74, 6) is 0. The molecule has 0 amide bonds. The largest absolute Gasteiger partial charge is 0.354 e. The third-order valence-corrected chi connectivity index (χ3v) is 6.47. The maximum Gasteiger partial charge on any atom is 0.294 e. The number of nitrogens with one attached hydrogen (secondary N) is 2. The number of benzene rings is 3. The van der Waals surface area contributed by atoms with Crippen molar-refractivity contribution in [3.05, 3.63) is 74.0 Å². The first kappa shape index (κ1) is 18.5. The van der Waals surface area contributed by atoms with Gasteiger partial charge in [-0.2, -0.15) is 8.42 Å². The molecule has 0 atom stereocenters. The summed E-state index contributed by atoms with van der Waals surface area (Å²) >= 11 is 0. The average molecular weight is 420 g/mol. The van der Waals surface area contributed by atoms with E-state index in [1.54, 1.807) is 19.1 Å². The first-order chi connectivity index (χ1) is 14.2. The Bertz CT molecular complexity index is 1780. The smallest absolute Gasteiger partial charge is 0.294 e. The Balaban J connectivity index is 2.00. The first-order valence-corrected chi connectivity index (χ1v) is 10.6. The van der Waals surface area contributed by atoms with Crippen LogP contribution in [0.2, 0.25) is 0 Å². The summed E-state index contributed by atoms with van der Waals surface area (Å²) in [4.78, 5) is 32.4. The number of hydrogen-bond donors (Lipinski definition) is 3. The Morgan fingerprint density at radius 3 is 2.30 bits per heavy atom. The lowest BCUT2D eigenvalue weighted by molar-refractivity contribution is 0.483. The molecule has 2 aromatic heterocycles. The molecule has 0 aliphatic rings. The van der Waals surface area contributed by atoms with Crippen LogP contribution in [-0.2, 0) is 10.1 Å². The second-order valence-corrected chi connectivity index (χ2v) is 8.86. The second kappa shape index (κ2) is 6.01. The van der Waals surface area contributed by atoms with Gasteiger partial charge in [-0.1, -0.05) is 12.1 Å². The zero-order valence-electron chi connectivity index (χ0n) is 16.0. The van der Waals surface area contributed by atoms with Crippen molar-refractivity contribution in [2.45, 2.75) is 18.7 Å². The number of pyridine rings is 2. The van der Waals surface area contributed by atoms with E-state index in [-0.39, 0.29) is 26.7 Å². The quantitative estimate of drug-likeness (QED) is 0.283. The molecule has 0 radical (unpaired) electrons. The average Bonchev–Trinajstić information content (AvgIpc) is 2.69. The van der Waals surface area contributed by atoms with Gasteiger partial charge in [0.1, 0.15) is 0 Å². The first-order valence-electron chi connectivity index (χ1n) is 9.19. The van der Waals surface area contributed by atoms with Crippen LogP contribution in [0.5, 0.6) is 0 Å². The van der Waals surface area contributed by atoms with E-state index >= 15 is 0 Å². The van der Waals surface area contributed by atoms with Crippen molar-refractivity contribution in [3.8, 4) is 0 Å². The Morgan fingerprint density at radius 1 is 0.800 bits per heavy atom. The summed E-state index contributed by atoms with van der Waals surface area (Å²) in [6.07, 6.45) is 0. The van der Waals surface area contributed by atoms with Gasteiger partial charge in [-0.3, -0.25) is 14.1 Å². The third-order valence-electron chi connectivity index (χ3n) is 5.62. The molecule has 2 heterocycles. The SMILES string of the molecule is Cc1cccc2c(=O)c3cc4[nH]c5cc(S(=O)(=O)O)ccc5c(=O)c4c(C)c3[nH]c12. The van der Waals surface area contributed by atoms with Gasteiger partial charge in [-0.15, -0.1) is 0 Å². The summed E-state index contributed by atoms with van der Waals surface area (Å²) < 4.78 is 32.2. The van der Waals surface area contributed by atoms with Crippen molar-refractivity contribution >= 4 is 53.7 Å². The number of rotatable bonds is 1. The van der Waals surface area contributed by atoms with Crippen LogP contribution in [0.3, 0.4) is 0 Å². The molecule has 0 aliphatic heterocycles. The predicted molar refractivity (Wildman–Crippen MR) is 117 cm³/mol. The number of hydrogen-bond acceptors (Lipinski definition) is 4. The minimum absolute atomic E-state index is 0.153. The summed E-state index contributed by atoms with van der Waals surface area (Å²) in [6, 6.07) is 10.9. The van der Waals surface area contributed by atoms with Gasteiger partial charge >= 0.3 is 0 Å². The normalized spacial score (nSPS) is 12.4. The van der Waals surface area contributed by atoms with Crippen LogP contribution in [0, 0.1) is 13.8 Å². The number of aryl methyl sites for hydroxylation is 2. The number of aromatic amines is 2. The highest BCUT2D eigenvalue weighted by atomic mass is 32.2. The molecule has 0 bridgehead atoms. The Kier molecular flexibility index (Phi) is 3.71. The molecule has 0 fully saturated rings. The van der Waals surface area contributed by atoms with Gasteiger partial charge in [-0.25, -0.2) is 0 Å². The fourth-order valence-corrected chi connectivity index (χ4v) is 4.61. The second-order valence-electron chi connectivity index (χ2n) is 7.43. The lowest BCUT2D eigenvalue weighted by Crippen LogP contribution is -2.11. The van der Waals surface area contributed by atoms with Crippen LogP contribution in [0.25, 0.3) is 43.6 Å². The maximum absolute atomic E-state index is 13.2. The highest BCUT2D eigenvalue weighted by Crippen LogP contribution is 2.27. The molecule has 30 heavy (non-hydrogen) atoms. The van der Waals surface area contributed by atoms with Crippen molar-refractivity contribution < 1.29 is 13.0 Å². The lowest BCUT2D eigenvalue weighted by atomic mass is 10.00. The molecule has 3 N–H and O–H groups in total. The molecular weight excluding hydrogens is 404 g/mol. The molecule has 0 saturated carbocycles. The van der Waals surface area contributed by atoms with Crippen LogP contribution in [-0.4, -0.2) is 22.9 Å². The summed E-state index contributed by atoms with van der Waals surface area (Å²) in [5, 5.41) is 1.69. The van der Waals surface area contributed by atoms with Gasteiger partial charge in [0.2, 0.25) is 0 Å². The highest BCUT2D eigenvalue weighted by Gasteiger charge is 2.17. The predicted octanol–water partition coefficient (Wildman–Crippen LogP) is 3.54. The standard InChI is InChI=1S/C22H16N2O5S/c1-10-4-3-5-14-19(10)24-20-11(2)18-17(9-15(20)21(14)25)23-16-8-12(30(27,28)29)6-7-13(16)22(18)26/h3-9H,1-2H3,(H,23,26)(H,24,25)(H,27,28,29). The van der Waals surface area contributed by atoms with Crippen molar-refractivity contribution in [1.29, 1.82) is 0 Å². The fraction of sp³-hybridized carbons (Fsp3) is 0.0909. The number of aromatic nitrogens is 2. The Labute approximate surface area is 169 Å². The van der Waals surface area contributed by atoms with Crippen molar-refractivity contribution in [2.75, 3.05) is 0 Å². The van der Waals surface area contributed by atoms with Crippen LogP contribution in [0.15, 0.2) is 56.9 Å². The Hall–Kier alpha value is -3.49. The van der Waals surface area contributed by atoms with E-state index < -0.39 is 10.1 Å². The highest BCUT2D eigenvalue weighted by molar-refractivity contribution is 7.85. The maximum atomic E-state index is 13.2. The molecule has 0 spiro atoms. The monoisotopic (exact) mass is 420 g/mol. The molecular formula is C22H16N2O5S. The van der Waals surface area contributed by atoms with Gasteiger partial charge in [0, 0.05) is 16.2 Å². The van der Waals surface area contributed by atoms with Gasteiger partial charge in [0.25, 0.3) is 10.1 Å². The van der Waals surface area contributed by atoms with E-state index in [2.05, 4.69) is 9.97 Å². The summed E-state index contributed by atoms with van der Waals surface area (Å²) in [5.41, 5.74) is 3.12. The molecule has 5 rings (SSSR count).